The van der Waals surface area contributed by atoms with Crippen LogP contribution in [0.3, 0.4) is 0 Å². The standard InChI is InChI=1S/C13H19NOS/c1-14-9-10-16-13(14)8-5-11-3-6-12(15-2)7-4-11/h3-4,6-7,13H,5,8-10H2,1-2H3. The second-order valence-electron chi connectivity index (χ2n) is 4.19. The zero-order valence-corrected chi connectivity index (χ0v) is 10.8. The van der Waals surface area contributed by atoms with Crippen molar-refractivity contribution in [3.05, 3.63) is 29.8 Å². The highest BCUT2D eigenvalue weighted by Gasteiger charge is 2.20. The van der Waals surface area contributed by atoms with Crippen molar-refractivity contribution < 1.29 is 4.74 Å². The molecule has 2 nitrogen and oxygen atoms in total. The van der Waals surface area contributed by atoms with Gasteiger partial charge in [-0.3, -0.25) is 4.90 Å². The van der Waals surface area contributed by atoms with Gasteiger partial charge >= 0.3 is 0 Å². The molecule has 1 aliphatic heterocycles. The van der Waals surface area contributed by atoms with Crippen molar-refractivity contribution in [3.8, 4) is 5.75 Å². The predicted octanol–water partition coefficient (Wildman–Crippen LogP) is 2.63. The molecule has 0 bridgehead atoms. The molecule has 2 rings (SSSR count). The average Bonchev–Trinajstić information content (AvgIpc) is 2.73. The predicted molar refractivity (Wildman–Crippen MR) is 70.2 cm³/mol. The van der Waals surface area contributed by atoms with E-state index < -0.39 is 0 Å². The fraction of sp³-hybridized carbons (Fsp3) is 0.538. The van der Waals surface area contributed by atoms with Crippen molar-refractivity contribution in [3.63, 3.8) is 0 Å². The Kier molecular flexibility index (Phi) is 4.13. The fourth-order valence-electron chi connectivity index (χ4n) is 1.99. The largest absolute Gasteiger partial charge is 0.497 e. The molecule has 1 saturated heterocycles. The first kappa shape index (κ1) is 11.8. The number of aryl methyl sites for hydroxylation is 1. The third-order valence-electron chi connectivity index (χ3n) is 3.08. The van der Waals surface area contributed by atoms with Crippen LogP contribution in [0.1, 0.15) is 12.0 Å². The highest BCUT2D eigenvalue weighted by atomic mass is 32.2. The average molecular weight is 237 g/mol. The van der Waals surface area contributed by atoms with Gasteiger partial charge in [0.25, 0.3) is 0 Å². The summed E-state index contributed by atoms with van der Waals surface area (Å²) in [6, 6.07) is 8.42. The van der Waals surface area contributed by atoms with E-state index in [0.717, 1.165) is 12.2 Å². The molecule has 0 saturated carbocycles. The molecule has 3 heteroatoms. The first-order chi connectivity index (χ1) is 7.79. The maximum atomic E-state index is 5.15. The highest BCUT2D eigenvalue weighted by molar-refractivity contribution is 8.00. The first-order valence-electron chi connectivity index (χ1n) is 5.74. The van der Waals surface area contributed by atoms with Crippen LogP contribution in [0.5, 0.6) is 5.75 Å². The summed E-state index contributed by atoms with van der Waals surface area (Å²) in [6.07, 6.45) is 2.40. The van der Waals surface area contributed by atoms with E-state index in [1.165, 1.54) is 24.3 Å². The van der Waals surface area contributed by atoms with E-state index in [4.69, 9.17) is 4.74 Å². The van der Waals surface area contributed by atoms with Crippen molar-refractivity contribution >= 4 is 11.8 Å². The lowest BCUT2D eigenvalue weighted by molar-refractivity contribution is 0.339. The monoisotopic (exact) mass is 237 g/mol. The van der Waals surface area contributed by atoms with E-state index >= 15 is 0 Å². The summed E-state index contributed by atoms with van der Waals surface area (Å²) >= 11 is 2.08. The topological polar surface area (TPSA) is 12.5 Å². The number of rotatable bonds is 4. The van der Waals surface area contributed by atoms with Gasteiger partial charge in [-0.2, -0.15) is 0 Å². The summed E-state index contributed by atoms with van der Waals surface area (Å²) in [5.74, 6) is 2.22. The summed E-state index contributed by atoms with van der Waals surface area (Å²) in [5, 5.41) is 0.710. The van der Waals surface area contributed by atoms with E-state index in [-0.39, 0.29) is 0 Å². The van der Waals surface area contributed by atoms with E-state index in [2.05, 4.69) is 35.8 Å². The Morgan fingerprint density at radius 2 is 2.12 bits per heavy atom. The second-order valence-corrected chi connectivity index (χ2v) is 5.48. The molecule has 1 aromatic rings. The molecule has 1 aliphatic rings. The van der Waals surface area contributed by atoms with Crippen molar-refractivity contribution in [2.24, 2.45) is 0 Å². The third kappa shape index (κ3) is 2.92. The van der Waals surface area contributed by atoms with Gasteiger partial charge in [-0.25, -0.2) is 0 Å². The molecule has 0 spiro atoms. The molecule has 88 valence electrons. The molecule has 1 fully saturated rings. The van der Waals surface area contributed by atoms with Crippen LogP contribution in [-0.4, -0.2) is 36.7 Å². The van der Waals surface area contributed by atoms with Gasteiger partial charge in [0.2, 0.25) is 0 Å². The minimum absolute atomic E-state index is 0.710. The molecule has 0 amide bonds. The fourth-order valence-corrected chi connectivity index (χ4v) is 3.30. The van der Waals surface area contributed by atoms with E-state index in [9.17, 15) is 0 Å². The van der Waals surface area contributed by atoms with Crippen LogP contribution in [0.2, 0.25) is 0 Å². The number of methoxy groups -OCH3 is 1. The van der Waals surface area contributed by atoms with Gasteiger partial charge in [-0.1, -0.05) is 12.1 Å². The quantitative estimate of drug-likeness (QED) is 0.799. The Balaban J connectivity index is 1.84. The maximum absolute atomic E-state index is 5.15. The van der Waals surface area contributed by atoms with Crippen molar-refractivity contribution in [2.75, 3.05) is 26.5 Å². The summed E-state index contributed by atoms with van der Waals surface area (Å²) in [4.78, 5) is 2.45. The number of ether oxygens (including phenoxy) is 1. The van der Waals surface area contributed by atoms with Crippen LogP contribution in [-0.2, 0) is 6.42 Å². The smallest absolute Gasteiger partial charge is 0.118 e. The van der Waals surface area contributed by atoms with Gasteiger partial charge in [-0.05, 0) is 37.6 Å². The van der Waals surface area contributed by atoms with Crippen LogP contribution in [0, 0.1) is 0 Å². The van der Waals surface area contributed by atoms with Crippen LogP contribution in [0.4, 0.5) is 0 Å². The maximum Gasteiger partial charge on any atom is 0.118 e. The van der Waals surface area contributed by atoms with Gasteiger partial charge in [0.1, 0.15) is 5.75 Å². The van der Waals surface area contributed by atoms with Crippen molar-refractivity contribution in [1.29, 1.82) is 0 Å². The molecular weight excluding hydrogens is 218 g/mol. The molecule has 0 aromatic heterocycles. The SMILES string of the molecule is COc1ccc(CCC2SCCN2C)cc1. The van der Waals surface area contributed by atoms with Crippen LogP contribution < -0.4 is 4.74 Å². The number of hydrogen-bond donors (Lipinski definition) is 0. The van der Waals surface area contributed by atoms with Gasteiger partial charge in [0.15, 0.2) is 0 Å². The zero-order chi connectivity index (χ0) is 11.4. The number of nitrogens with zero attached hydrogens (tertiary/aromatic N) is 1. The van der Waals surface area contributed by atoms with Crippen molar-refractivity contribution in [2.45, 2.75) is 18.2 Å². The van der Waals surface area contributed by atoms with Crippen LogP contribution in [0.15, 0.2) is 24.3 Å². The molecule has 0 radical (unpaired) electrons. The Hall–Kier alpha value is -0.670. The third-order valence-corrected chi connectivity index (χ3v) is 4.48. The minimum atomic E-state index is 0.710. The van der Waals surface area contributed by atoms with Crippen LogP contribution >= 0.6 is 11.8 Å². The lowest BCUT2D eigenvalue weighted by atomic mass is 10.1. The molecule has 1 heterocycles. The Morgan fingerprint density at radius 1 is 1.38 bits per heavy atom. The summed E-state index contributed by atoms with van der Waals surface area (Å²) in [7, 11) is 3.93. The lowest BCUT2D eigenvalue weighted by Crippen LogP contribution is -2.23. The van der Waals surface area contributed by atoms with E-state index in [1.54, 1.807) is 7.11 Å². The zero-order valence-electron chi connectivity index (χ0n) is 9.98. The molecule has 1 aromatic carbocycles. The van der Waals surface area contributed by atoms with Crippen molar-refractivity contribution in [1.82, 2.24) is 4.90 Å². The minimum Gasteiger partial charge on any atom is -0.497 e. The summed E-state index contributed by atoms with van der Waals surface area (Å²) < 4.78 is 5.15. The summed E-state index contributed by atoms with van der Waals surface area (Å²) in [6.45, 7) is 1.23. The highest BCUT2D eigenvalue weighted by Crippen LogP contribution is 2.26. The normalized spacial score (nSPS) is 21.2. The van der Waals surface area contributed by atoms with Gasteiger partial charge in [0, 0.05) is 12.3 Å². The molecule has 0 N–H and O–H groups in total. The summed E-state index contributed by atoms with van der Waals surface area (Å²) in [5.41, 5.74) is 1.40. The number of benzene rings is 1. The van der Waals surface area contributed by atoms with Gasteiger partial charge in [0.05, 0.1) is 12.5 Å². The van der Waals surface area contributed by atoms with E-state index in [0.29, 0.717) is 5.37 Å². The van der Waals surface area contributed by atoms with E-state index in [1.807, 2.05) is 12.1 Å². The second kappa shape index (κ2) is 5.60. The molecule has 0 aliphatic carbocycles. The Labute approximate surface area is 102 Å². The molecule has 1 unspecified atom stereocenters. The number of hydrogen-bond acceptors (Lipinski definition) is 3. The van der Waals surface area contributed by atoms with Crippen LogP contribution in [0.25, 0.3) is 0 Å². The first-order valence-corrected chi connectivity index (χ1v) is 6.79. The molecular formula is C13H19NOS. The Bertz CT molecular complexity index is 325. The molecule has 16 heavy (non-hydrogen) atoms. The van der Waals surface area contributed by atoms with Gasteiger partial charge < -0.3 is 4.74 Å². The lowest BCUT2D eigenvalue weighted by Gasteiger charge is -2.18. The van der Waals surface area contributed by atoms with Gasteiger partial charge in [-0.15, -0.1) is 11.8 Å². The Morgan fingerprint density at radius 3 is 2.69 bits per heavy atom. The number of thioether (sulfide) groups is 1. The molecule has 1 atom stereocenters.